The molecule has 0 saturated carbocycles. The van der Waals surface area contributed by atoms with Gasteiger partial charge < -0.3 is 9.52 Å². The van der Waals surface area contributed by atoms with Crippen molar-refractivity contribution in [3.63, 3.8) is 0 Å². The van der Waals surface area contributed by atoms with Crippen LogP contribution in [-0.4, -0.2) is 34.3 Å². The van der Waals surface area contributed by atoms with E-state index in [1.165, 1.54) is 0 Å². The second kappa shape index (κ2) is 6.67. The van der Waals surface area contributed by atoms with Gasteiger partial charge in [-0.15, -0.1) is 0 Å². The van der Waals surface area contributed by atoms with Gasteiger partial charge in [-0.1, -0.05) is 18.2 Å². The first-order chi connectivity index (χ1) is 12.2. The molecule has 25 heavy (non-hydrogen) atoms. The summed E-state index contributed by atoms with van der Waals surface area (Å²) in [6, 6.07) is 15.6. The van der Waals surface area contributed by atoms with Crippen LogP contribution in [0.25, 0.3) is 22.2 Å². The molecule has 5 heteroatoms. The second-order valence-corrected chi connectivity index (χ2v) is 6.39. The number of hydrogen-bond acceptors (Lipinski definition) is 5. The van der Waals surface area contributed by atoms with Gasteiger partial charge in [0.25, 0.3) is 0 Å². The predicted octanol–water partition coefficient (Wildman–Crippen LogP) is 3.32. The van der Waals surface area contributed by atoms with E-state index in [2.05, 4.69) is 16.0 Å². The average Bonchev–Trinajstić information content (AvgIpc) is 3.24. The predicted molar refractivity (Wildman–Crippen MR) is 94.7 cm³/mol. The summed E-state index contributed by atoms with van der Waals surface area (Å²) in [5.74, 6) is 0.700. The van der Waals surface area contributed by atoms with E-state index in [1.807, 2.05) is 42.5 Å². The second-order valence-electron chi connectivity index (χ2n) is 6.39. The van der Waals surface area contributed by atoms with Gasteiger partial charge in [-0.3, -0.25) is 4.90 Å². The lowest BCUT2D eigenvalue weighted by atomic mass is 10.0. The number of aliphatic hydroxyl groups is 1. The van der Waals surface area contributed by atoms with Crippen LogP contribution in [0.15, 0.2) is 46.9 Å². The summed E-state index contributed by atoms with van der Waals surface area (Å²) >= 11 is 0. The number of hydrogen-bond donors (Lipinski definition) is 1. The van der Waals surface area contributed by atoms with Gasteiger partial charge in [-0.05, 0) is 48.2 Å². The van der Waals surface area contributed by atoms with Crippen molar-refractivity contribution in [3.8, 4) is 17.2 Å². The summed E-state index contributed by atoms with van der Waals surface area (Å²) in [6.45, 7) is 1.70. The number of benzene rings is 2. The van der Waals surface area contributed by atoms with Gasteiger partial charge in [0.2, 0.25) is 0 Å². The SMILES string of the molecule is N#Cc1ccc(-c2ccc3oc(CCN4CCC[C@@H]4O)nc3c2)cc1. The summed E-state index contributed by atoms with van der Waals surface area (Å²) in [7, 11) is 0. The quantitative estimate of drug-likeness (QED) is 0.793. The van der Waals surface area contributed by atoms with E-state index >= 15 is 0 Å². The number of aromatic nitrogens is 1. The Labute approximate surface area is 146 Å². The molecule has 1 aliphatic heterocycles. The molecule has 1 N–H and O–H groups in total. The molecule has 126 valence electrons. The normalized spacial score (nSPS) is 17.8. The molecule has 1 aliphatic rings. The molecule has 2 heterocycles. The zero-order valence-corrected chi connectivity index (χ0v) is 13.9. The fraction of sp³-hybridized carbons (Fsp3) is 0.300. The number of aliphatic hydroxyl groups excluding tert-OH is 1. The van der Waals surface area contributed by atoms with Crippen LogP contribution >= 0.6 is 0 Å². The minimum absolute atomic E-state index is 0.327. The Hall–Kier alpha value is -2.68. The van der Waals surface area contributed by atoms with Crippen molar-refractivity contribution in [1.82, 2.24) is 9.88 Å². The Balaban J connectivity index is 1.53. The van der Waals surface area contributed by atoms with Crippen molar-refractivity contribution in [3.05, 3.63) is 53.9 Å². The first-order valence-corrected chi connectivity index (χ1v) is 8.55. The van der Waals surface area contributed by atoms with Crippen molar-refractivity contribution in [1.29, 1.82) is 5.26 Å². The third-order valence-corrected chi connectivity index (χ3v) is 4.72. The molecule has 0 spiro atoms. The lowest BCUT2D eigenvalue weighted by molar-refractivity contribution is 0.0382. The van der Waals surface area contributed by atoms with Gasteiger partial charge in [-0.2, -0.15) is 5.26 Å². The molecule has 0 bridgehead atoms. The minimum atomic E-state index is -0.327. The van der Waals surface area contributed by atoms with Gasteiger partial charge in [0.1, 0.15) is 11.7 Å². The fourth-order valence-corrected chi connectivity index (χ4v) is 3.31. The maximum Gasteiger partial charge on any atom is 0.196 e. The highest BCUT2D eigenvalue weighted by atomic mass is 16.3. The van der Waals surface area contributed by atoms with Gasteiger partial charge in [0, 0.05) is 19.5 Å². The molecular formula is C20H19N3O2. The van der Waals surface area contributed by atoms with Gasteiger partial charge in [0.05, 0.1) is 11.6 Å². The average molecular weight is 333 g/mol. The topological polar surface area (TPSA) is 73.3 Å². The lowest BCUT2D eigenvalue weighted by Crippen LogP contribution is -2.30. The monoisotopic (exact) mass is 333 g/mol. The molecule has 0 aliphatic carbocycles. The van der Waals surface area contributed by atoms with Crippen molar-refractivity contribution in [2.24, 2.45) is 0 Å². The molecular weight excluding hydrogens is 314 g/mol. The van der Waals surface area contributed by atoms with Crippen LogP contribution in [0, 0.1) is 11.3 Å². The first-order valence-electron chi connectivity index (χ1n) is 8.55. The van der Waals surface area contributed by atoms with Gasteiger partial charge >= 0.3 is 0 Å². The van der Waals surface area contributed by atoms with Crippen LogP contribution in [0.1, 0.15) is 24.3 Å². The highest BCUT2D eigenvalue weighted by Gasteiger charge is 2.22. The number of rotatable bonds is 4. The Morgan fingerprint density at radius 3 is 2.72 bits per heavy atom. The Kier molecular flexibility index (Phi) is 4.22. The highest BCUT2D eigenvalue weighted by Crippen LogP contribution is 2.25. The van der Waals surface area contributed by atoms with Crippen LogP contribution in [0.2, 0.25) is 0 Å². The Bertz CT molecular complexity index is 924. The molecule has 0 unspecified atom stereocenters. The summed E-state index contributed by atoms with van der Waals surface area (Å²) in [5, 5.41) is 18.8. The summed E-state index contributed by atoms with van der Waals surface area (Å²) < 4.78 is 5.83. The molecule has 0 amide bonds. The van der Waals surface area contributed by atoms with Crippen molar-refractivity contribution in [2.75, 3.05) is 13.1 Å². The van der Waals surface area contributed by atoms with Crippen molar-refractivity contribution in [2.45, 2.75) is 25.5 Å². The summed E-state index contributed by atoms with van der Waals surface area (Å²) in [6.07, 6.45) is 2.26. The van der Waals surface area contributed by atoms with Crippen LogP contribution in [0.5, 0.6) is 0 Å². The molecule has 5 nitrogen and oxygen atoms in total. The Morgan fingerprint density at radius 1 is 1.20 bits per heavy atom. The molecule has 0 radical (unpaired) electrons. The Morgan fingerprint density at radius 2 is 2.00 bits per heavy atom. The third kappa shape index (κ3) is 3.27. The number of oxazole rings is 1. The third-order valence-electron chi connectivity index (χ3n) is 4.72. The largest absolute Gasteiger partial charge is 0.441 e. The van der Waals surface area contributed by atoms with Crippen LogP contribution in [0.3, 0.4) is 0 Å². The maximum atomic E-state index is 9.86. The van der Waals surface area contributed by atoms with E-state index in [0.717, 1.165) is 48.2 Å². The molecule has 4 rings (SSSR count). The fourth-order valence-electron chi connectivity index (χ4n) is 3.31. The molecule has 1 fully saturated rings. The smallest absolute Gasteiger partial charge is 0.196 e. The number of nitriles is 1. The zero-order valence-electron chi connectivity index (χ0n) is 13.9. The summed E-state index contributed by atoms with van der Waals surface area (Å²) in [4.78, 5) is 6.66. The van der Waals surface area contributed by atoms with Gasteiger partial charge in [0.15, 0.2) is 11.5 Å². The van der Waals surface area contributed by atoms with Crippen molar-refractivity contribution >= 4 is 11.1 Å². The molecule has 1 saturated heterocycles. The van der Waals surface area contributed by atoms with Gasteiger partial charge in [-0.25, -0.2) is 4.98 Å². The first kappa shape index (κ1) is 15.8. The minimum Gasteiger partial charge on any atom is -0.441 e. The zero-order chi connectivity index (χ0) is 17.2. The number of fused-ring (bicyclic) bond motifs is 1. The van der Waals surface area contributed by atoms with E-state index in [1.54, 1.807) is 0 Å². The standard InChI is InChI=1S/C20H19N3O2/c21-13-14-3-5-15(6-4-14)16-7-8-18-17(12-16)22-19(25-18)9-11-23-10-1-2-20(23)24/h3-8,12,20,24H,1-2,9-11H2/t20-/m0/s1. The van der Waals surface area contributed by atoms with E-state index in [0.29, 0.717) is 17.9 Å². The van der Waals surface area contributed by atoms with Crippen LogP contribution in [0.4, 0.5) is 0 Å². The van der Waals surface area contributed by atoms with Crippen LogP contribution in [-0.2, 0) is 6.42 Å². The number of nitrogens with zero attached hydrogens (tertiary/aromatic N) is 3. The lowest BCUT2D eigenvalue weighted by Gasteiger charge is -2.18. The van der Waals surface area contributed by atoms with Crippen molar-refractivity contribution < 1.29 is 9.52 Å². The molecule has 1 aromatic heterocycles. The van der Waals surface area contributed by atoms with E-state index in [-0.39, 0.29) is 6.23 Å². The van der Waals surface area contributed by atoms with E-state index in [4.69, 9.17) is 9.68 Å². The molecule has 3 aromatic rings. The highest BCUT2D eigenvalue weighted by molar-refractivity contribution is 5.80. The maximum absolute atomic E-state index is 9.86. The summed E-state index contributed by atoms with van der Waals surface area (Å²) in [5.41, 5.74) is 4.35. The van der Waals surface area contributed by atoms with E-state index < -0.39 is 0 Å². The van der Waals surface area contributed by atoms with E-state index in [9.17, 15) is 5.11 Å². The number of likely N-dealkylation sites (tertiary alicyclic amines) is 1. The van der Waals surface area contributed by atoms with Crippen LogP contribution < -0.4 is 0 Å². The molecule has 1 atom stereocenters. The molecule has 2 aromatic carbocycles.